The van der Waals surface area contributed by atoms with Crippen molar-refractivity contribution >= 4 is 38.2 Å². The minimum atomic E-state index is -3.80. The standard InChI is InChI=1S/C23H26FN5O4S/c1-33-21-12-15(4-6-19(21)24)28-22-17-13-16(5-7-20(17)26-14-18(22)23(25)30)34(31,32)27-8-11-29-9-2-3-10-29/h4-7,12-14,27H,2-3,8-11H2,1H3,(H2,25,30)(H,26,28). The van der Waals surface area contributed by atoms with Gasteiger partial charge in [0.1, 0.15) is 0 Å². The third-order valence-electron chi connectivity index (χ3n) is 5.75. The van der Waals surface area contributed by atoms with E-state index in [0.29, 0.717) is 29.7 Å². The molecule has 1 aliphatic rings. The van der Waals surface area contributed by atoms with Crippen molar-refractivity contribution in [1.82, 2.24) is 14.6 Å². The smallest absolute Gasteiger partial charge is 0.252 e. The second-order valence-electron chi connectivity index (χ2n) is 8.01. The average molecular weight is 488 g/mol. The first-order valence-corrected chi connectivity index (χ1v) is 12.3. The first kappa shape index (κ1) is 23.9. The molecule has 1 aromatic heterocycles. The lowest BCUT2D eigenvalue weighted by atomic mass is 10.1. The number of halogens is 1. The molecule has 0 radical (unpaired) electrons. The number of nitrogens with one attached hydrogen (secondary N) is 2. The zero-order chi connectivity index (χ0) is 24.3. The Morgan fingerprint density at radius 2 is 1.97 bits per heavy atom. The van der Waals surface area contributed by atoms with Crippen LogP contribution in [0, 0.1) is 5.82 Å². The summed E-state index contributed by atoms with van der Waals surface area (Å²) in [7, 11) is -2.46. The van der Waals surface area contributed by atoms with Gasteiger partial charge < -0.3 is 20.7 Å². The highest BCUT2D eigenvalue weighted by atomic mass is 32.2. The number of pyridine rings is 1. The first-order valence-electron chi connectivity index (χ1n) is 10.8. The Labute approximate surface area is 197 Å². The van der Waals surface area contributed by atoms with Gasteiger partial charge in [0, 0.05) is 36.4 Å². The number of nitrogens with two attached hydrogens (primary N) is 1. The lowest BCUT2D eigenvalue weighted by molar-refractivity contribution is 0.100. The van der Waals surface area contributed by atoms with Crippen molar-refractivity contribution in [1.29, 1.82) is 0 Å². The van der Waals surface area contributed by atoms with Crippen LogP contribution in [0.15, 0.2) is 47.5 Å². The van der Waals surface area contributed by atoms with E-state index in [0.717, 1.165) is 25.9 Å². The number of sulfonamides is 1. The molecular weight excluding hydrogens is 461 g/mol. The zero-order valence-corrected chi connectivity index (χ0v) is 19.5. The SMILES string of the molecule is COc1cc(Nc2c(C(N)=O)cnc3ccc(S(=O)(=O)NCCN4CCCC4)cc23)ccc1F. The Morgan fingerprint density at radius 3 is 2.68 bits per heavy atom. The molecule has 4 N–H and O–H groups in total. The number of hydrogen-bond acceptors (Lipinski definition) is 7. The fourth-order valence-corrected chi connectivity index (χ4v) is 5.02. The predicted octanol–water partition coefficient (Wildman–Crippen LogP) is 2.60. The Balaban J connectivity index is 1.69. The van der Waals surface area contributed by atoms with Gasteiger partial charge in [-0.05, 0) is 56.3 Å². The summed E-state index contributed by atoms with van der Waals surface area (Å²) in [5.74, 6) is -1.28. The molecule has 3 aromatic rings. The molecule has 1 amide bonds. The summed E-state index contributed by atoms with van der Waals surface area (Å²) in [6, 6.07) is 8.57. The first-order chi connectivity index (χ1) is 16.3. The number of methoxy groups -OCH3 is 1. The average Bonchev–Trinajstić information content (AvgIpc) is 3.33. The van der Waals surface area contributed by atoms with Crippen LogP contribution in [-0.4, -0.2) is 57.5 Å². The summed E-state index contributed by atoms with van der Waals surface area (Å²) >= 11 is 0. The lowest BCUT2D eigenvalue weighted by Crippen LogP contribution is -2.33. The molecule has 0 spiro atoms. The monoisotopic (exact) mass is 487 g/mol. The molecule has 180 valence electrons. The molecule has 2 aromatic carbocycles. The number of carbonyl (C=O) groups is 1. The highest BCUT2D eigenvalue weighted by Gasteiger charge is 2.20. The molecule has 4 rings (SSSR count). The molecule has 1 fully saturated rings. The summed E-state index contributed by atoms with van der Waals surface area (Å²) in [6.07, 6.45) is 3.57. The second-order valence-corrected chi connectivity index (χ2v) is 9.78. The van der Waals surface area contributed by atoms with E-state index in [1.807, 2.05) is 0 Å². The summed E-state index contributed by atoms with van der Waals surface area (Å²) in [5, 5.41) is 3.43. The number of amides is 1. The van der Waals surface area contributed by atoms with Gasteiger partial charge in [-0.25, -0.2) is 17.5 Å². The number of benzene rings is 2. The van der Waals surface area contributed by atoms with Gasteiger partial charge in [0.25, 0.3) is 5.91 Å². The Morgan fingerprint density at radius 1 is 1.21 bits per heavy atom. The fraction of sp³-hybridized carbons (Fsp3) is 0.304. The van der Waals surface area contributed by atoms with Crippen LogP contribution < -0.4 is 20.5 Å². The maximum atomic E-state index is 13.8. The largest absolute Gasteiger partial charge is 0.494 e. The van der Waals surface area contributed by atoms with Gasteiger partial charge in [-0.1, -0.05) is 0 Å². The number of rotatable bonds is 9. The third-order valence-corrected chi connectivity index (χ3v) is 7.21. The van der Waals surface area contributed by atoms with Gasteiger partial charge in [0.15, 0.2) is 11.6 Å². The van der Waals surface area contributed by atoms with Crippen LogP contribution in [0.2, 0.25) is 0 Å². The zero-order valence-electron chi connectivity index (χ0n) is 18.7. The number of likely N-dealkylation sites (tertiary alicyclic amines) is 1. The van der Waals surface area contributed by atoms with Gasteiger partial charge in [-0.3, -0.25) is 9.78 Å². The molecule has 9 nitrogen and oxygen atoms in total. The summed E-state index contributed by atoms with van der Waals surface area (Å²) in [5.41, 5.74) is 6.75. The molecule has 0 unspecified atom stereocenters. The van der Waals surface area contributed by atoms with E-state index in [1.165, 1.54) is 43.6 Å². The number of primary amides is 1. The van der Waals surface area contributed by atoms with E-state index in [1.54, 1.807) is 6.07 Å². The number of anilines is 2. The van der Waals surface area contributed by atoms with Crippen molar-refractivity contribution in [2.45, 2.75) is 17.7 Å². The van der Waals surface area contributed by atoms with Gasteiger partial charge in [-0.2, -0.15) is 0 Å². The minimum Gasteiger partial charge on any atom is -0.494 e. The van der Waals surface area contributed by atoms with Crippen LogP contribution in [0.25, 0.3) is 10.9 Å². The number of hydrogen-bond donors (Lipinski definition) is 3. The normalized spacial score (nSPS) is 14.4. The number of carbonyl (C=O) groups excluding carboxylic acids is 1. The van der Waals surface area contributed by atoms with E-state index >= 15 is 0 Å². The van der Waals surface area contributed by atoms with Crippen molar-refractivity contribution in [3.8, 4) is 5.75 Å². The number of fused-ring (bicyclic) bond motifs is 1. The van der Waals surface area contributed by atoms with Crippen LogP contribution >= 0.6 is 0 Å². The molecule has 0 bridgehead atoms. The second kappa shape index (κ2) is 9.92. The molecule has 11 heteroatoms. The summed E-state index contributed by atoms with van der Waals surface area (Å²) < 4.78 is 47.4. The molecular formula is C23H26FN5O4S. The molecule has 0 aliphatic carbocycles. The van der Waals surface area contributed by atoms with Crippen molar-refractivity contribution < 1.29 is 22.3 Å². The number of aromatic nitrogens is 1. The van der Waals surface area contributed by atoms with E-state index in [-0.39, 0.29) is 21.9 Å². The van der Waals surface area contributed by atoms with Crippen molar-refractivity contribution in [3.05, 3.63) is 54.0 Å². The molecule has 0 saturated carbocycles. The predicted molar refractivity (Wildman–Crippen MR) is 127 cm³/mol. The van der Waals surface area contributed by atoms with Crippen LogP contribution in [0.1, 0.15) is 23.2 Å². The summed E-state index contributed by atoms with van der Waals surface area (Å²) in [4.78, 5) is 18.6. The summed E-state index contributed by atoms with van der Waals surface area (Å²) in [6.45, 7) is 2.88. The Bertz CT molecular complexity index is 1330. The van der Waals surface area contributed by atoms with E-state index in [4.69, 9.17) is 10.5 Å². The van der Waals surface area contributed by atoms with Crippen molar-refractivity contribution in [3.63, 3.8) is 0 Å². The van der Waals surface area contributed by atoms with Gasteiger partial charge >= 0.3 is 0 Å². The Kier molecular flexibility index (Phi) is 6.96. The molecule has 1 aliphatic heterocycles. The fourth-order valence-electron chi connectivity index (χ4n) is 3.97. The van der Waals surface area contributed by atoms with Crippen LogP contribution in [0.3, 0.4) is 0 Å². The number of ether oxygens (including phenoxy) is 1. The quantitative estimate of drug-likeness (QED) is 0.423. The Hall–Kier alpha value is -3.28. The molecule has 0 atom stereocenters. The molecule has 34 heavy (non-hydrogen) atoms. The molecule has 1 saturated heterocycles. The van der Waals surface area contributed by atoms with Gasteiger partial charge in [0.05, 0.1) is 28.8 Å². The van der Waals surface area contributed by atoms with Crippen LogP contribution in [0.5, 0.6) is 5.75 Å². The maximum absolute atomic E-state index is 13.8. The van der Waals surface area contributed by atoms with Crippen LogP contribution in [-0.2, 0) is 10.0 Å². The highest BCUT2D eigenvalue weighted by Crippen LogP contribution is 2.32. The topological polar surface area (TPSA) is 127 Å². The maximum Gasteiger partial charge on any atom is 0.252 e. The third kappa shape index (κ3) is 5.11. The van der Waals surface area contributed by atoms with E-state index < -0.39 is 21.7 Å². The van der Waals surface area contributed by atoms with E-state index in [2.05, 4.69) is 19.9 Å². The minimum absolute atomic E-state index is 0.00876. The molecule has 2 heterocycles. The van der Waals surface area contributed by atoms with Crippen molar-refractivity contribution in [2.75, 3.05) is 38.6 Å². The van der Waals surface area contributed by atoms with Crippen LogP contribution in [0.4, 0.5) is 15.8 Å². The van der Waals surface area contributed by atoms with Gasteiger partial charge in [-0.15, -0.1) is 0 Å². The van der Waals surface area contributed by atoms with Crippen molar-refractivity contribution in [2.24, 2.45) is 5.73 Å². The number of nitrogens with zero attached hydrogens (tertiary/aromatic N) is 2. The highest BCUT2D eigenvalue weighted by molar-refractivity contribution is 7.89. The lowest BCUT2D eigenvalue weighted by Gasteiger charge is -2.16. The van der Waals surface area contributed by atoms with Gasteiger partial charge in [0.2, 0.25) is 10.0 Å². The van der Waals surface area contributed by atoms with E-state index in [9.17, 15) is 17.6 Å².